The van der Waals surface area contributed by atoms with E-state index < -0.39 is 47.9 Å². The number of carbonyl (C=O) groups is 4. The van der Waals surface area contributed by atoms with Crippen molar-refractivity contribution in [1.82, 2.24) is 10.2 Å². The van der Waals surface area contributed by atoms with Gasteiger partial charge in [0.1, 0.15) is 23.4 Å². The quantitative estimate of drug-likeness (QED) is 0.356. The van der Waals surface area contributed by atoms with Gasteiger partial charge >= 0.3 is 6.09 Å². The predicted molar refractivity (Wildman–Crippen MR) is 154 cm³/mol. The van der Waals surface area contributed by atoms with Crippen LogP contribution in [0.15, 0.2) is 42.5 Å². The number of aryl methyl sites for hydroxylation is 1. The molecule has 218 valence electrons. The van der Waals surface area contributed by atoms with Crippen LogP contribution >= 0.6 is 0 Å². The number of primary amides is 1. The number of unbranched alkanes of at least 4 members (excludes halogenated alkanes) is 1. The maximum absolute atomic E-state index is 14.1. The molecule has 10 nitrogen and oxygen atoms in total. The number of nitrogens with one attached hydrogen (secondary N) is 2. The van der Waals surface area contributed by atoms with Crippen molar-refractivity contribution in [3.63, 3.8) is 0 Å². The summed E-state index contributed by atoms with van der Waals surface area (Å²) in [5, 5.41) is 5.41. The second-order valence-corrected chi connectivity index (χ2v) is 10.7. The van der Waals surface area contributed by atoms with Gasteiger partial charge in [0.15, 0.2) is 0 Å². The molecule has 2 aromatic carbocycles. The predicted octanol–water partition coefficient (Wildman–Crippen LogP) is 4.39. The van der Waals surface area contributed by atoms with Crippen LogP contribution in [0.5, 0.6) is 5.75 Å². The van der Waals surface area contributed by atoms with Crippen LogP contribution in [0.25, 0.3) is 0 Å². The van der Waals surface area contributed by atoms with E-state index in [0.29, 0.717) is 23.4 Å². The summed E-state index contributed by atoms with van der Waals surface area (Å²) in [7, 11) is 1.55. The average molecular weight is 555 g/mol. The van der Waals surface area contributed by atoms with E-state index in [4.69, 9.17) is 15.2 Å². The number of nitrogens with zero attached hydrogens (tertiary/aromatic N) is 1. The summed E-state index contributed by atoms with van der Waals surface area (Å²) in [6.07, 6.45) is -0.00368. The fourth-order valence-corrected chi connectivity index (χ4v) is 4.15. The van der Waals surface area contributed by atoms with Gasteiger partial charge in [-0.15, -0.1) is 0 Å². The molecule has 0 spiro atoms. The molecule has 10 heteroatoms. The van der Waals surface area contributed by atoms with Crippen LogP contribution in [0.4, 0.5) is 10.5 Å². The molecule has 2 unspecified atom stereocenters. The van der Waals surface area contributed by atoms with E-state index in [-0.39, 0.29) is 6.54 Å². The van der Waals surface area contributed by atoms with Crippen molar-refractivity contribution >= 4 is 29.5 Å². The molecular weight excluding hydrogens is 512 g/mol. The Morgan fingerprint density at radius 3 is 2.23 bits per heavy atom. The number of nitrogens with two attached hydrogens (primary N) is 1. The van der Waals surface area contributed by atoms with Crippen molar-refractivity contribution in [3.8, 4) is 5.75 Å². The maximum atomic E-state index is 14.1. The lowest BCUT2D eigenvalue weighted by atomic mass is 9.94. The Morgan fingerprint density at radius 1 is 1.02 bits per heavy atom. The number of hydrogen-bond donors (Lipinski definition) is 3. The van der Waals surface area contributed by atoms with Gasteiger partial charge in [-0.1, -0.05) is 31.5 Å². The number of rotatable bonds is 12. The number of ether oxygens (including phenoxy) is 2. The SMILES string of the molecule is CCCCN(C(=O)C(CC(N)=O)NC(=O)OC(C)(C)C)C(C(=O)Nc1ccc(OC)cc1)c1cccc(C)c1C. The maximum Gasteiger partial charge on any atom is 0.408 e. The fourth-order valence-electron chi connectivity index (χ4n) is 4.15. The minimum absolute atomic E-state index is 0.203. The molecule has 2 rings (SSSR count). The van der Waals surface area contributed by atoms with Crippen molar-refractivity contribution in [2.45, 2.75) is 78.5 Å². The molecule has 0 saturated carbocycles. The van der Waals surface area contributed by atoms with Gasteiger partial charge in [0.25, 0.3) is 5.91 Å². The van der Waals surface area contributed by atoms with E-state index in [2.05, 4.69) is 10.6 Å². The van der Waals surface area contributed by atoms with Crippen LogP contribution in [0, 0.1) is 13.8 Å². The zero-order valence-electron chi connectivity index (χ0n) is 24.5. The summed E-state index contributed by atoms with van der Waals surface area (Å²) < 4.78 is 10.5. The Bertz CT molecular complexity index is 1190. The smallest absolute Gasteiger partial charge is 0.408 e. The van der Waals surface area contributed by atoms with Gasteiger partial charge in [-0.25, -0.2) is 4.79 Å². The third kappa shape index (κ3) is 9.29. The van der Waals surface area contributed by atoms with Crippen LogP contribution < -0.4 is 21.1 Å². The molecule has 0 saturated heterocycles. The molecule has 2 aromatic rings. The Labute approximate surface area is 236 Å². The number of anilines is 1. The van der Waals surface area contributed by atoms with Crippen LogP contribution in [-0.2, 0) is 19.1 Å². The largest absolute Gasteiger partial charge is 0.497 e. The molecule has 2 atom stereocenters. The Hall–Kier alpha value is -4.08. The molecule has 40 heavy (non-hydrogen) atoms. The van der Waals surface area contributed by atoms with Crippen LogP contribution in [0.1, 0.15) is 69.7 Å². The highest BCUT2D eigenvalue weighted by molar-refractivity contribution is 6.00. The molecule has 0 aromatic heterocycles. The summed E-state index contributed by atoms with van der Waals surface area (Å²) >= 11 is 0. The van der Waals surface area contributed by atoms with Gasteiger partial charge in [0.2, 0.25) is 11.8 Å². The van der Waals surface area contributed by atoms with Crippen molar-refractivity contribution in [3.05, 3.63) is 59.2 Å². The second kappa shape index (κ2) is 14.3. The zero-order chi connectivity index (χ0) is 30.0. The highest BCUT2D eigenvalue weighted by Gasteiger charge is 2.37. The third-order valence-electron chi connectivity index (χ3n) is 6.29. The first-order valence-corrected chi connectivity index (χ1v) is 13.4. The lowest BCUT2D eigenvalue weighted by Gasteiger charge is -2.35. The topological polar surface area (TPSA) is 140 Å². The molecule has 0 aliphatic heterocycles. The summed E-state index contributed by atoms with van der Waals surface area (Å²) in [6, 6.07) is 10.0. The van der Waals surface area contributed by atoms with Gasteiger partial charge < -0.3 is 30.7 Å². The first kappa shape index (κ1) is 32.1. The van der Waals surface area contributed by atoms with Crippen molar-refractivity contribution in [2.24, 2.45) is 5.73 Å². The standard InChI is InChI=1S/C30H42N4O6/c1-8-9-17-34(28(37)24(18-25(31)35)33-29(38)40-30(4,5)6)26(23-12-10-11-19(2)20(23)3)27(36)32-21-13-15-22(39-7)16-14-21/h10-16,24,26H,8-9,17-18H2,1-7H3,(H2,31,35)(H,32,36)(H,33,38). The first-order chi connectivity index (χ1) is 18.8. The fraction of sp³-hybridized carbons (Fsp3) is 0.467. The van der Waals surface area contributed by atoms with E-state index in [1.165, 1.54) is 4.90 Å². The molecule has 0 heterocycles. The number of carbonyl (C=O) groups excluding carboxylic acids is 4. The minimum Gasteiger partial charge on any atom is -0.497 e. The Balaban J connectivity index is 2.58. The molecule has 0 aliphatic rings. The number of alkyl carbamates (subject to hydrolysis) is 1. The van der Waals surface area contributed by atoms with E-state index in [9.17, 15) is 19.2 Å². The summed E-state index contributed by atoms with van der Waals surface area (Å²) in [5.41, 5.74) is 7.57. The van der Waals surface area contributed by atoms with E-state index in [1.54, 1.807) is 58.2 Å². The number of methoxy groups -OCH3 is 1. The minimum atomic E-state index is -1.33. The van der Waals surface area contributed by atoms with Gasteiger partial charge in [0.05, 0.1) is 13.5 Å². The molecule has 0 aliphatic carbocycles. The third-order valence-corrected chi connectivity index (χ3v) is 6.29. The molecule has 4 N–H and O–H groups in total. The summed E-state index contributed by atoms with van der Waals surface area (Å²) in [6.45, 7) is 11.0. The first-order valence-electron chi connectivity index (χ1n) is 13.4. The summed E-state index contributed by atoms with van der Waals surface area (Å²) in [5.74, 6) is -1.21. The lowest BCUT2D eigenvalue weighted by molar-refractivity contribution is -0.142. The Morgan fingerprint density at radius 2 is 1.68 bits per heavy atom. The molecule has 0 fully saturated rings. The molecule has 4 amide bonds. The van der Waals surface area contributed by atoms with Crippen molar-refractivity contribution in [2.75, 3.05) is 19.0 Å². The highest BCUT2D eigenvalue weighted by atomic mass is 16.6. The molecule has 0 bridgehead atoms. The van der Waals surface area contributed by atoms with E-state index in [0.717, 1.165) is 17.5 Å². The highest BCUT2D eigenvalue weighted by Crippen LogP contribution is 2.29. The van der Waals surface area contributed by atoms with E-state index >= 15 is 0 Å². The number of amides is 4. The van der Waals surface area contributed by atoms with Gasteiger partial charge in [-0.3, -0.25) is 14.4 Å². The number of benzene rings is 2. The normalized spacial score (nSPS) is 12.6. The van der Waals surface area contributed by atoms with Crippen LogP contribution in [-0.4, -0.2) is 54.0 Å². The van der Waals surface area contributed by atoms with Crippen LogP contribution in [0.2, 0.25) is 0 Å². The molecule has 0 radical (unpaired) electrons. The lowest BCUT2D eigenvalue weighted by Crippen LogP contribution is -2.53. The Kier molecular flexibility index (Phi) is 11.5. The monoisotopic (exact) mass is 554 g/mol. The average Bonchev–Trinajstić information content (AvgIpc) is 2.86. The van der Waals surface area contributed by atoms with Crippen molar-refractivity contribution < 1.29 is 28.7 Å². The number of hydrogen-bond acceptors (Lipinski definition) is 6. The molecular formula is C30H42N4O6. The van der Waals surface area contributed by atoms with Crippen LogP contribution in [0.3, 0.4) is 0 Å². The second-order valence-electron chi connectivity index (χ2n) is 10.7. The van der Waals surface area contributed by atoms with E-state index in [1.807, 2.05) is 32.9 Å². The van der Waals surface area contributed by atoms with Crippen molar-refractivity contribution in [1.29, 1.82) is 0 Å². The van der Waals surface area contributed by atoms with Gasteiger partial charge in [-0.05, 0) is 82.0 Å². The van der Waals surface area contributed by atoms with Gasteiger partial charge in [-0.2, -0.15) is 0 Å². The summed E-state index contributed by atoms with van der Waals surface area (Å²) in [4.78, 5) is 54.0. The van der Waals surface area contributed by atoms with Gasteiger partial charge in [0, 0.05) is 12.2 Å². The zero-order valence-corrected chi connectivity index (χ0v) is 24.5.